The summed E-state index contributed by atoms with van der Waals surface area (Å²) in [6, 6.07) is 0. The van der Waals surface area contributed by atoms with Gasteiger partial charge < -0.3 is 14.6 Å². The van der Waals surface area contributed by atoms with Crippen molar-refractivity contribution in [1.82, 2.24) is 0 Å². The zero-order valence-corrected chi connectivity index (χ0v) is 12.4. The fraction of sp³-hybridized carbons (Fsp3) is 0.875. The summed E-state index contributed by atoms with van der Waals surface area (Å²) >= 11 is 0. The van der Waals surface area contributed by atoms with E-state index in [1.165, 1.54) is 12.0 Å². The van der Waals surface area contributed by atoms with E-state index in [9.17, 15) is 5.11 Å². The van der Waals surface area contributed by atoms with Gasteiger partial charge in [-0.25, -0.2) is 0 Å². The van der Waals surface area contributed by atoms with Gasteiger partial charge in [-0.1, -0.05) is 25.8 Å². The Morgan fingerprint density at radius 1 is 1.47 bits per heavy atom. The van der Waals surface area contributed by atoms with E-state index in [0.717, 1.165) is 51.6 Å². The smallest absolute Gasteiger partial charge is 0.158 e. The lowest BCUT2D eigenvalue weighted by atomic mass is 10.0. The predicted octanol–water partition coefficient (Wildman–Crippen LogP) is 3.56. The van der Waals surface area contributed by atoms with Gasteiger partial charge in [0, 0.05) is 6.61 Å². The molecule has 1 aliphatic carbocycles. The highest BCUT2D eigenvalue weighted by Gasteiger charge is 2.47. The second-order valence-electron chi connectivity index (χ2n) is 5.97. The Bertz CT molecular complexity index is 301. The third kappa shape index (κ3) is 4.30. The Morgan fingerprint density at radius 3 is 2.84 bits per heavy atom. The Hall–Kier alpha value is -0.380. The average molecular weight is 268 g/mol. The lowest BCUT2D eigenvalue weighted by Gasteiger charge is -2.28. The van der Waals surface area contributed by atoms with Crippen LogP contribution in [-0.4, -0.2) is 29.7 Å². The molecule has 19 heavy (non-hydrogen) atoms. The maximum Gasteiger partial charge on any atom is 0.158 e. The lowest BCUT2D eigenvalue weighted by Crippen LogP contribution is -2.30. The van der Waals surface area contributed by atoms with Gasteiger partial charge in [-0.2, -0.15) is 0 Å². The van der Waals surface area contributed by atoms with E-state index in [2.05, 4.69) is 13.8 Å². The molecule has 1 saturated carbocycles. The van der Waals surface area contributed by atoms with E-state index in [0.29, 0.717) is 0 Å². The molecule has 2 unspecified atom stereocenters. The molecule has 1 saturated heterocycles. The van der Waals surface area contributed by atoms with Crippen LogP contribution in [0.25, 0.3) is 0 Å². The third-order valence-corrected chi connectivity index (χ3v) is 4.21. The summed E-state index contributed by atoms with van der Waals surface area (Å²) in [7, 11) is 0. The Morgan fingerprint density at radius 2 is 2.26 bits per heavy atom. The standard InChI is InChI=1S/C16H28O3/c1-3-4-7-14(17)12-13(2)16(9-10-16)19-15-8-5-6-11-18-15/h12,14-15,17H,3-11H2,1-2H3/b13-12+. The van der Waals surface area contributed by atoms with Crippen molar-refractivity contribution in [3.63, 3.8) is 0 Å². The van der Waals surface area contributed by atoms with Gasteiger partial charge >= 0.3 is 0 Å². The zero-order valence-electron chi connectivity index (χ0n) is 12.4. The van der Waals surface area contributed by atoms with Crippen LogP contribution in [0.4, 0.5) is 0 Å². The minimum atomic E-state index is -0.326. The van der Waals surface area contributed by atoms with Gasteiger partial charge in [0.1, 0.15) is 0 Å². The molecule has 0 bridgehead atoms. The summed E-state index contributed by atoms with van der Waals surface area (Å²) in [6.45, 7) is 5.06. The van der Waals surface area contributed by atoms with Crippen molar-refractivity contribution >= 4 is 0 Å². The van der Waals surface area contributed by atoms with Gasteiger partial charge in [0.2, 0.25) is 0 Å². The summed E-state index contributed by atoms with van der Waals surface area (Å²) in [5, 5.41) is 9.98. The van der Waals surface area contributed by atoms with Gasteiger partial charge in [-0.15, -0.1) is 0 Å². The van der Waals surface area contributed by atoms with E-state index in [4.69, 9.17) is 9.47 Å². The second-order valence-corrected chi connectivity index (χ2v) is 5.97. The SMILES string of the molecule is CCCCC(O)/C=C(\C)C1(OC2CCCCO2)CC1. The molecule has 3 nitrogen and oxygen atoms in total. The van der Waals surface area contributed by atoms with Crippen molar-refractivity contribution < 1.29 is 14.6 Å². The number of unbranched alkanes of at least 4 members (excludes halogenated alkanes) is 1. The third-order valence-electron chi connectivity index (χ3n) is 4.21. The largest absolute Gasteiger partial charge is 0.389 e. The van der Waals surface area contributed by atoms with Crippen LogP contribution >= 0.6 is 0 Å². The number of rotatable bonds is 7. The number of aliphatic hydroxyl groups excluding tert-OH is 1. The van der Waals surface area contributed by atoms with Crippen molar-refractivity contribution in [2.75, 3.05) is 6.61 Å². The molecule has 1 aliphatic heterocycles. The molecular formula is C16H28O3. The van der Waals surface area contributed by atoms with Gasteiger partial charge in [0.15, 0.2) is 6.29 Å². The molecular weight excluding hydrogens is 240 g/mol. The van der Waals surface area contributed by atoms with Crippen molar-refractivity contribution in [1.29, 1.82) is 0 Å². The Labute approximate surface area is 117 Å². The molecule has 1 N–H and O–H groups in total. The Balaban J connectivity index is 1.85. The molecule has 0 radical (unpaired) electrons. The molecule has 2 fully saturated rings. The minimum Gasteiger partial charge on any atom is -0.389 e. The maximum absolute atomic E-state index is 9.98. The summed E-state index contributed by atoms with van der Waals surface area (Å²) in [6.07, 6.45) is 10.2. The topological polar surface area (TPSA) is 38.7 Å². The van der Waals surface area contributed by atoms with E-state index >= 15 is 0 Å². The number of ether oxygens (including phenoxy) is 2. The van der Waals surface area contributed by atoms with Crippen LogP contribution in [0.2, 0.25) is 0 Å². The molecule has 110 valence electrons. The number of hydrogen-bond donors (Lipinski definition) is 1. The molecule has 0 aromatic heterocycles. The first-order valence-corrected chi connectivity index (χ1v) is 7.83. The van der Waals surface area contributed by atoms with E-state index < -0.39 is 0 Å². The van der Waals surface area contributed by atoms with E-state index in [1.54, 1.807) is 0 Å². The van der Waals surface area contributed by atoms with Crippen molar-refractivity contribution in [2.24, 2.45) is 0 Å². The quantitative estimate of drug-likeness (QED) is 0.718. The summed E-state index contributed by atoms with van der Waals surface area (Å²) in [5.74, 6) is 0. The van der Waals surface area contributed by atoms with Crippen molar-refractivity contribution in [3.05, 3.63) is 11.6 Å². The monoisotopic (exact) mass is 268 g/mol. The first-order valence-electron chi connectivity index (χ1n) is 7.83. The summed E-state index contributed by atoms with van der Waals surface area (Å²) < 4.78 is 11.8. The maximum atomic E-state index is 9.98. The van der Waals surface area contributed by atoms with Crippen molar-refractivity contribution in [2.45, 2.75) is 83.2 Å². The van der Waals surface area contributed by atoms with Gasteiger partial charge in [-0.05, 0) is 51.0 Å². The van der Waals surface area contributed by atoms with Gasteiger partial charge in [0.25, 0.3) is 0 Å². The van der Waals surface area contributed by atoms with Crippen LogP contribution < -0.4 is 0 Å². The van der Waals surface area contributed by atoms with Crippen LogP contribution in [0, 0.1) is 0 Å². The second kappa shape index (κ2) is 6.87. The van der Waals surface area contributed by atoms with Crippen LogP contribution in [0.5, 0.6) is 0 Å². The minimum absolute atomic E-state index is 0.0348. The molecule has 2 aliphatic rings. The zero-order chi connectivity index (χ0) is 13.7. The molecule has 0 aromatic carbocycles. The van der Waals surface area contributed by atoms with E-state index in [1.807, 2.05) is 6.08 Å². The van der Waals surface area contributed by atoms with Crippen molar-refractivity contribution in [3.8, 4) is 0 Å². The summed E-state index contributed by atoms with van der Waals surface area (Å²) in [4.78, 5) is 0. The fourth-order valence-electron chi connectivity index (χ4n) is 2.71. The highest BCUT2D eigenvalue weighted by Crippen LogP contribution is 2.47. The van der Waals surface area contributed by atoms with Crippen LogP contribution in [0.1, 0.15) is 65.2 Å². The van der Waals surface area contributed by atoms with Crippen LogP contribution in [-0.2, 0) is 9.47 Å². The number of hydrogen-bond acceptors (Lipinski definition) is 3. The first-order chi connectivity index (χ1) is 9.16. The predicted molar refractivity (Wildman–Crippen MR) is 75.9 cm³/mol. The Kier molecular flexibility index (Phi) is 5.43. The van der Waals surface area contributed by atoms with Crippen LogP contribution in [0.15, 0.2) is 11.6 Å². The average Bonchev–Trinajstić information content (AvgIpc) is 3.18. The van der Waals surface area contributed by atoms with Gasteiger partial charge in [0.05, 0.1) is 11.7 Å². The molecule has 2 rings (SSSR count). The normalized spacial score (nSPS) is 28.2. The van der Waals surface area contributed by atoms with E-state index in [-0.39, 0.29) is 18.0 Å². The first kappa shape index (κ1) is 15.0. The molecule has 0 amide bonds. The van der Waals surface area contributed by atoms with Crippen LogP contribution in [0.3, 0.4) is 0 Å². The fourth-order valence-corrected chi connectivity index (χ4v) is 2.71. The summed E-state index contributed by atoms with van der Waals surface area (Å²) in [5.41, 5.74) is 1.06. The molecule has 3 heteroatoms. The number of aliphatic hydroxyl groups is 1. The highest BCUT2D eigenvalue weighted by molar-refractivity contribution is 5.24. The highest BCUT2D eigenvalue weighted by atomic mass is 16.7. The van der Waals surface area contributed by atoms with Gasteiger partial charge in [-0.3, -0.25) is 0 Å². The molecule has 0 aromatic rings. The molecule has 1 heterocycles. The molecule has 2 atom stereocenters. The lowest BCUT2D eigenvalue weighted by molar-refractivity contribution is -0.188. The molecule has 0 spiro atoms.